The molecule has 7 heteroatoms. The molecule has 0 aromatic heterocycles. The summed E-state index contributed by atoms with van der Waals surface area (Å²) in [6.07, 6.45) is 5.75. The maximum Gasteiger partial charge on any atom is 0.274 e. The van der Waals surface area contributed by atoms with Crippen molar-refractivity contribution in [3.8, 4) is 0 Å². The van der Waals surface area contributed by atoms with Crippen molar-refractivity contribution in [2.45, 2.75) is 52.4 Å². The first kappa shape index (κ1) is 18.4. The molecular formula is C14H29N3O3S. The molecule has 0 aliphatic carbocycles. The van der Waals surface area contributed by atoms with Crippen LogP contribution in [0.15, 0.2) is 0 Å². The summed E-state index contributed by atoms with van der Waals surface area (Å²) in [6, 6.07) is 0. The Hall–Kier alpha value is -0.660. The van der Waals surface area contributed by atoms with Gasteiger partial charge in [-0.1, -0.05) is 26.7 Å². The number of hydrogen-bond donors (Lipinski definition) is 2. The first-order valence-corrected chi connectivity index (χ1v) is 9.48. The number of likely N-dealkylation sites (tertiary alicyclic amines) is 1. The molecule has 1 aliphatic heterocycles. The zero-order chi connectivity index (χ0) is 15.9. The number of carbonyl (C=O) groups is 1. The molecule has 0 radical (unpaired) electrons. The van der Waals surface area contributed by atoms with Crippen molar-refractivity contribution in [3.63, 3.8) is 0 Å². The van der Waals surface area contributed by atoms with E-state index in [1.807, 2.05) is 4.90 Å². The largest absolute Gasteiger partial charge is 0.342 e. The lowest BCUT2D eigenvalue weighted by atomic mass is 9.93. The standard InChI is InChI=1S/C14H29N3O3S/c1-3-6-13(7-4-2)14(18)17-9-5-8-12(11-17)10-16-21(15,19)20/h12-13,16H,3-11H2,1-2H3,(H2,15,19,20). The zero-order valence-electron chi connectivity index (χ0n) is 13.2. The Balaban J connectivity index is 2.55. The van der Waals surface area contributed by atoms with Crippen LogP contribution in [0.1, 0.15) is 52.4 Å². The minimum absolute atomic E-state index is 0.116. The molecule has 1 fully saturated rings. The number of amides is 1. The molecule has 1 saturated heterocycles. The van der Waals surface area contributed by atoms with Crippen LogP contribution < -0.4 is 9.86 Å². The predicted octanol–water partition coefficient (Wildman–Crippen LogP) is 1.23. The summed E-state index contributed by atoms with van der Waals surface area (Å²) < 4.78 is 24.3. The number of nitrogens with one attached hydrogen (secondary N) is 1. The fraction of sp³-hybridized carbons (Fsp3) is 0.929. The number of carbonyl (C=O) groups excluding carboxylic acids is 1. The van der Waals surface area contributed by atoms with E-state index in [4.69, 9.17) is 5.14 Å². The first-order valence-electron chi connectivity index (χ1n) is 7.93. The molecule has 1 amide bonds. The van der Waals surface area contributed by atoms with Crippen LogP contribution in [0.3, 0.4) is 0 Å². The molecule has 1 heterocycles. The highest BCUT2D eigenvalue weighted by molar-refractivity contribution is 7.87. The SMILES string of the molecule is CCCC(CCC)C(=O)N1CCCC(CNS(N)(=O)=O)C1. The molecule has 6 nitrogen and oxygen atoms in total. The topological polar surface area (TPSA) is 92.5 Å². The van der Waals surface area contributed by atoms with E-state index in [1.165, 1.54) is 0 Å². The second-order valence-electron chi connectivity index (χ2n) is 5.96. The second-order valence-corrected chi connectivity index (χ2v) is 7.34. The van der Waals surface area contributed by atoms with E-state index in [9.17, 15) is 13.2 Å². The molecule has 3 N–H and O–H groups in total. The van der Waals surface area contributed by atoms with Gasteiger partial charge in [-0.2, -0.15) is 8.42 Å². The van der Waals surface area contributed by atoms with Gasteiger partial charge in [-0.15, -0.1) is 0 Å². The van der Waals surface area contributed by atoms with Crippen LogP contribution >= 0.6 is 0 Å². The number of nitrogens with two attached hydrogens (primary N) is 1. The van der Waals surface area contributed by atoms with E-state index in [0.717, 1.165) is 45.1 Å². The van der Waals surface area contributed by atoms with E-state index in [-0.39, 0.29) is 17.7 Å². The third-order valence-corrected chi connectivity index (χ3v) is 4.60. The van der Waals surface area contributed by atoms with Crippen LogP contribution in [0.25, 0.3) is 0 Å². The fourth-order valence-corrected chi connectivity index (χ4v) is 3.48. The van der Waals surface area contributed by atoms with Crippen molar-refractivity contribution in [1.29, 1.82) is 0 Å². The molecule has 1 unspecified atom stereocenters. The van der Waals surface area contributed by atoms with E-state index in [2.05, 4.69) is 18.6 Å². The zero-order valence-corrected chi connectivity index (χ0v) is 14.0. The first-order chi connectivity index (χ1) is 9.87. The quantitative estimate of drug-likeness (QED) is 0.705. The lowest BCUT2D eigenvalue weighted by Gasteiger charge is -2.35. The smallest absolute Gasteiger partial charge is 0.274 e. The fourth-order valence-electron chi connectivity index (χ4n) is 3.01. The average molecular weight is 319 g/mol. The van der Waals surface area contributed by atoms with E-state index < -0.39 is 10.2 Å². The summed E-state index contributed by atoms with van der Waals surface area (Å²) >= 11 is 0. The highest BCUT2D eigenvalue weighted by Crippen LogP contribution is 2.22. The van der Waals surface area contributed by atoms with Gasteiger partial charge < -0.3 is 4.90 Å². The summed E-state index contributed by atoms with van der Waals surface area (Å²) in [7, 11) is -3.65. The van der Waals surface area contributed by atoms with Crippen LogP contribution in [0.5, 0.6) is 0 Å². The van der Waals surface area contributed by atoms with Crippen LogP contribution in [-0.4, -0.2) is 38.9 Å². The highest BCUT2D eigenvalue weighted by Gasteiger charge is 2.28. The van der Waals surface area contributed by atoms with Crippen molar-refractivity contribution >= 4 is 16.1 Å². The van der Waals surface area contributed by atoms with Crippen molar-refractivity contribution in [1.82, 2.24) is 9.62 Å². The second kappa shape index (κ2) is 8.70. The monoisotopic (exact) mass is 319 g/mol. The van der Waals surface area contributed by atoms with Gasteiger partial charge in [0.2, 0.25) is 5.91 Å². The maximum absolute atomic E-state index is 12.6. The number of hydrogen-bond acceptors (Lipinski definition) is 3. The van der Waals surface area contributed by atoms with Crippen LogP contribution in [0.2, 0.25) is 0 Å². The van der Waals surface area contributed by atoms with Gasteiger partial charge in [0.05, 0.1) is 0 Å². The molecule has 0 aromatic rings. The minimum atomic E-state index is -3.65. The Kier molecular flexibility index (Phi) is 7.62. The van der Waals surface area contributed by atoms with E-state index in [1.54, 1.807) is 0 Å². The average Bonchev–Trinajstić information content (AvgIpc) is 2.44. The van der Waals surface area contributed by atoms with Gasteiger partial charge in [0, 0.05) is 25.6 Å². The molecule has 0 spiro atoms. The summed E-state index contributed by atoms with van der Waals surface area (Å²) in [5.41, 5.74) is 0. The molecule has 1 rings (SSSR count). The lowest BCUT2D eigenvalue weighted by Crippen LogP contribution is -2.46. The molecule has 1 atom stereocenters. The minimum Gasteiger partial charge on any atom is -0.342 e. The number of piperidine rings is 1. The molecule has 0 bridgehead atoms. The van der Waals surface area contributed by atoms with Gasteiger partial charge in [0.25, 0.3) is 10.2 Å². The Bertz CT molecular complexity index is 419. The van der Waals surface area contributed by atoms with Crippen molar-refractivity contribution in [2.24, 2.45) is 17.0 Å². The Morgan fingerprint density at radius 2 is 1.95 bits per heavy atom. The molecule has 124 valence electrons. The highest BCUT2D eigenvalue weighted by atomic mass is 32.2. The number of rotatable bonds is 8. The summed E-state index contributed by atoms with van der Waals surface area (Å²) in [5, 5.41) is 4.95. The molecule has 0 saturated carbocycles. The summed E-state index contributed by atoms with van der Waals surface area (Å²) in [5.74, 6) is 0.508. The third-order valence-electron chi connectivity index (χ3n) is 4.03. The van der Waals surface area contributed by atoms with Crippen molar-refractivity contribution in [3.05, 3.63) is 0 Å². The number of nitrogens with zero attached hydrogens (tertiary/aromatic N) is 1. The van der Waals surface area contributed by atoms with Gasteiger partial charge in [-0.25, -0.2) is 9.86 Å². The van der Waals surface area contributed by atoms with Gasteiger partial charge in [-0.05, 0) is 31.6 Å². The van der Waals surface area contributed by atoms with Gasteiger partial charge >= 0.3 is 0 Å². The predicted molar refractivity (Wildman–Crippen MR) is 83.7 cm³/mol. The summed E-state index contributed by atoms with van der Waals surface area (Å²) in [4.78, 5) is 14.5. The normalized spacial score (nSPS) is 20.0. The molecular weight excluding hydrogens is 290 g/mol. The van der Waals surface area contributed by atoms with Gasteiger partial charge in [-0.3, -0.25) is 4.79 Å². The third kappa shape index (κ3) is 6.76. The van der Waals surface area contributed by atoms with Crippen molar-refractivity contribution in [2.75, 3.05) is 19.6 Å². The Morgan fingerprint density at radius 1 is 1.33 bits per heavy atom. The van der Waals surface area contributed by atoms with Crippen LogP contribution in [-0.2, 0) is 15.0 Å². The van der Waals surface area contributed by atoms with E-state index >= 15 is 0 Å². The van der Waals surface area contributed by atoms with Crippen LogP contribution in [0, 0.1) is 11.8 Å². The maximum atomic E-state index is 12.6. The Morgan fingerprint density at radius 3 is 2.48 bits per heavy atom. The van der Waals surface area contributed by atoms with Crippen molar-refractivity contribution < 1.29 is 13.2 Å². The lowest BCUT2D eigenvalue weighted by molar-refractivity contribution is -0.137. The summed E-state index contributed by atoms with van der Waals surface area (Å²) in [6.45, 7) is 5.94. The molecule has 1 aliphatic rings. The van der Waals surface area contributed by atoms with Crippen LogP contribution in [0.4, 0.5) is 0 Å². The van der Waals surface area contributed by atoms with Gasteiger partial charge in [0.15, 0.2) is 0 Å². The molecule has 21 heavy (non-hydrogen) atoms. The molecule has 0 aromatic carbocycles. The Labute approximate surface area is 128 Å². The van der Waals surface area contributed by atoms with Gasteiger partial charge in [0.1, 0.15) is 0 Å². The van der Waals surface area contributed by atoms with E-state index in [0.29, 0.717) is 13.1 Å².